The van der Waals surface area contributed by atoms with Crippen molar-refractivity contribution in [3.05, 3.63) is 42.5 Å². The van der Waals surface area contributed by atoms with Gasteiger partial charge >= 0.3 is 80.1 Å². The third-order valence-corrected chi connectivity index (χ3v) is 2.83. The standard InChI is InChI=1S/C9H7F3Se/c1-7(13-9(10,11)12)8-5-3-2-4-6-8/h2-6H,1H2. The molecule has 0 bridgehead atoms. The molecule has 0 fully saturated rings. The monoisotopic (exact) mass is 252 g/mol. The fraction of sp³-hybridized carbons (Fsp3) is 0.111. The zero-order chi connectivity index (χ0) is 9.90. The van der Waals surface area contributed by atoms with Crippen molar-refractivity contribution in [2.24, 2.45) is 0 Å². The van der Waals surface area contributed by atoms with Crippen LogP contribution in [0, 0.1) is 0 Å². The van der Waals surface area contributed by atoms with E-state index < -0.39 is 20.0 Å². The van der Waals surface area contributed by atoms with E-state index in [1.165, 1.54) is 0 Å². The molecule has 1 rings (SSSR count). The van der Waals surface area contributed by atoms with E-state index in [4.69, 9.17) is 0 Å². The Hall–Kier alpha value is -0.731. The van der Waals surface area contributed by atoms with Crippen LogP contribution in [0.2, 0.25) is 0 Å². The van der Waals surface area contributed by atoms with E-state index in [2.05, 4.69) is 6.58 Å². The predicted molar refractivity (Wildman–Crippen MR) is 47.3 cm³/mol. The Morgan fingerprint density at radius 2 is 1.69 bits per heavy atom. The van der Waals surface area contributed by atoms with Gasteiger partial charge in [0.25, 0.3) is 0 Å². The number of hydrogen-bond donors (Lipinski definition) is 0. The van der Waals surface area contributed by atoms with Gasteiger partial charge in [-0.15, -0.1) is 0 Å². The van der Waals surface area contributed by atoms with Crippen LogP contribution in [0.4, 0.5) is 13.2 Å². The van der Waals surface area contributed by atoms with Gasteiger partial charge in [0.2, 0.25) is 0 Å². The third-order valence-electron chi connectivity index (χ3n) is 1.33. The molecule has 0 aromatic heterocycles. The van der Waals surface area contributed by atoms with Gasteiger partial charge in [-0.2, -0.15) is 0 Å². The van der Waals surface area contributed by atoms with Crippen LogP contribution in [0.15, 0.2) is 36.9 Å². The molecule has 0 radical (unpaired) electrons. The van der Waals surface area contributed by atoms with Crippen molar-refractivity contribution in [1.82, 2.24) is 0 Å². The van der Waals surface area contributed by atoms with Crippen molar-refractivity contribution in [1.29, 1.82) is 0 Å². The molecule has 1 aromatic rings. The quantitative estimate of drug-likeness (QED) is 0.709. The molecule has 0 aliphatic rings. The first-order valence-electron chi connectivity index (χ1n) is 3.49. The summed E-state index contributed by atoms with van der Waals surface area (Å²) in [7, 11) is 0. The SMILES string of the molecule is C=C([Se]C(F)(F)F)c1ccccc1. The van der Waals surface area contributed by atoms with Gasteiger partial charge in [0.15, 0.2) is 0 Å². The van der Waals surface area contributed by atoms with Crippen LogP contribution in [-0.2, 0) is 0 Å². The number of halogens is 3. The van der Waals surface area contributed by atoms with Gasteiger partial charge in [-0.3, -0.25) is 0 Å². The van der Waals surface area contributed by atoms with Gasteiger partial charge in [0, 0.05) is 0 Å². The molecule has 0 aliphatic carbocycles. The molecule has 13 heavy (non-hydrogen) atoms. The van der Waals surface area contributed by atoms with Crippen molar-refractivity contribution < 1.29 is 13.2 Å². The van der Waals surface area contributed by atoms with Crippen LogP contribution in [0.25, 0.3) is 4.47 Å². The first-order valence-corrected chi connectivity index (χ1v) is 5.20. The van der Waals surface area contributed by atoms with Gasteiger partial charge in [0.05, 0.1) is 0 Å². The van der Waals surface area contributed by atoms with E-state index in [0.717, 1.165) is 0 Å². The molecule has 0 amide bonds. The number of hydrogen-bond acceptors (Lipinski definition) is 0. The summed E-state index contributed by atoms with van der Waals surface area (Å²) >= 11 is -1.52. The second-order valence-corrected chi connectivity index (χ2v) is 4.77. The molecule has 0 saturated heterocycles. The number of rotatable bonds is 2. The molecular weight excluding hydrogens is 244 g/mol. The van der Waals surface area contributed by atoms with Crippen LogP contribution < -0.4 is 0 Å². The van der Waals surface area contributed by atoms with Crippen molar-refractivity contribution in [3.8, 4) is 0 Å². The van der Waals surface area contributed by atoms with Crippen molar-refractivity contribution in [2.75, 3.05) is 0 Å². The van der Waals surface area contributed by atoms with Crippen LogP contribution in [0.3, 0.4) is 0 Å². The number of alkyl halides is 3. The molecule has 0 atom stereocenters. The minimum atomic E-state index is -4.11. The summed E-state index contributed by atoms with van der Waals surface area (Å²) in [5.74, 6) is 0. The van der Waals surface area contributed by atoms with Crippen molar-refractivity contribution >= 4 is 19.4 Å². The molecule has 0 spiro atoms. The maximum absolute atomic E-state index is 12.0. The van der Waals surface area contributed by atoms with Crippen LogP contribution in [0.1, 0.15) is 5.56 Å². The topological polar surface area (TPSA) is 0 Å². The summed E-state index contributed by atoms with van der Waals surface area (Å²) in [5, 5.41) is -4.11. The molecule has 1 aromatic carbocycles. The van der Waals surface area contributed by atoms with Gasteiger partial charge in [-0.1, -0.05) is 0 Å². The van der Waals surface area contributed by atoms with Gasteiger partial charge in [-0.25, -0.2) is 0 Å². The van der Waals surface area contributed by atoms with Crippen molar-refractivity contribution in [3.63, 3.8) is 0 Å². The van der Waals surface area contributed by atoms with Crippen LogP contribution >= 0.6 is 0 Å². The van der Waals surface area contributed by atoms with Crippen molar-refractivity contribution in [2.45, 2.75) is 5.07 Å². The second-order valence-electron chi connectivity index (χ2n) is 2.34. The second kappa shape index (κ2) is 3.99. The third kappa shape index (κ3) is 3.66. The first-order chi connectivity index (χ1) is 5.99. The average Bonchev–Trinajstić information content (AvgIpc) is 2.03. The van der Waals surface area contributed by atoms with Gasteiger partial charge < -0.3 is 0 Å². The Morgan fingerprint density at radius 1 is 1.15 bits per heavy atom. The zero-order valence-electron chi connectivity index (χ0n) is 6.64. The molecular formula is C9H7F3Se. The van der Waals surface area contributed by atoms with Crippen LogP contribution in [0.5, 0.6) is 0 Å². The summed E-state index contributed by atoms with van der Waals surface area (Å²) in [6.45, 7) is 3.42. The molecule has 0 unspecified atom stereocenters. The summed E-state index contributed by atoms with van der Waals surface area (Å²) < 4.78 is 36.0. The van der Waals surface area contributed by atoms with Gasteiger partial charge in [-0.05, 0) is 0 Å². The molecule has 0 N–H and O–H groups in total. The van der Waals surface area contributed by atoms with E-state index >= 15 is 0 Å². The normalized spacial score (nSPS) is 11.3. The zero-order valence-corrected chi connectivity index (χ0v) is 8.35. The number of benzene rings is 1. The average molecular weight is 251 g/mol. The Bertz CT molecular complexity index is 289. The fourth-order valence-corrected chi connectivity index (χ4v) is 1.94. The minimum absolute atomic E-state index is 0.167. The van der Waals surface area contributed by atoms with E-state index in [1.807, 2.05) is 0 Å². The molecule has 0 nitrogen and oxygen atoms in total. The predicted octanol–water partition coefficient (Wildman–Crippen LogP) is 2.88. The summed E-state index contributed by atoms with van der Waals surface area (Å²) in [4.78, 5) is 0. The van der Waals surface area contributed by atoms with Gasteiger partial charge in [0.1, 0.15) is 0 Å². The summed E-state index contributed by atoms with van der Waals surface area (Å²) in [6, 6.07) is 8.43. The van der Waals surface area contributed by atoms with Crippen LogP contribution in [-0.4, -0.2) is 20.0 Å². The molecule has 0 heterocycles. The molecule has 4 heteroatoms. The Balaban J connectivity index is 2.71. The fourth-order valence-electron chi connectivity index (χ4n) is 0.823. The Labute approximate surface area is 80.6 Å². The van der Waals surface area contributed by atoms with E-state index in [0.29, 0.717) is 5.56 Å². The van der Waals surface area contributed by atoms with E-state index in [-0.39, 0.29) is 4.47 Å². The maximum atomic E-state index is 12.0. The Kier molecular flexibility index (Phi) is 3.17. The van der Waals surface area contributed by atoms with E-state index in [1.54, 1.807) is 30.3 Å². The molecule has 0 saturated carbocycles. The first kappa shape index (κ1) is 10.4. The Morgan fingerprint density at radius 3 is 2.15 bits per heavy atom. The van der Waals surface area contributed by atoms with E-state index in [9.17, 15) is 13.2 Å². The summed E-state index contributed by atoms with van der Waals surface area (Å²) in [5.41, 5.74) is 0.569. The molecule has 70 valence electrons. The molecule has 0 aliphatic heterocycles. The summed E-state index contributed by atoms with van der Waals surface area (Å²) in [6.07, 6.45) is 0.